The molecule has 2 unspecified atom stereocenters. The lowest BCUT2D eigenvalue weighted by molar-refractivity contribution is 0.383. The largest absolute Gasteiger partial charge is 0.313 e. The van der Waals surface area contributed by atoms with E-state index in [2.05, 4.69) is 36.3 Å². The predicted octanol–water partition coefficient (Wildman–Crippen LogP) is 2.11. The van der Waals surface area contributed by atoms with Crippen molar-refractivity contribution in [3.05, 3.63) is 30.1 Å². The van der Waals surface area contributed by atoms with E-state index in [9.17, 15) is 0 Å². The van der Waals surface area contributed by atoms with E-state index < -0.39 is 0 Å². The SMILES string of the molecule is CCC1NCCC1(C)c1ccccn1. The van der Waals surface area contributed by atoms with Crippen LogP contribution in [-0.2, 0) is 5.41 Å². The standard InChI is InChI=1S/C12H18N2/c1-3-10-12(2,7-9-14-10)11-6-4-5-8-13-11/h4-6,8,10,14H,3,7,9H2,1-2H3. The molecule has 1 saturated heterocycles. The summed E-state index contributed by atoms with van der Waals surface area (Å²) in [7, 11) is 0. The fraction of sp³-hybridized carbons (Fsp3) is 0.583. The van der Waals surface area contributed by atoms with E-state index in [0.29, 0.717) is 6.04 Å². The summed E-state index contributed by atoms with van der Waals surface area (Å²) >= 11 is 0. The molecule has 0 aliphatic carbocycles. The normalized spacial score (nSPS) is 32.0. The van der Waals surface area contributed by atoms with Crippen LogP contribution in [0.25, 0.3) is 0 Å². The highest BCUT2D eigenvalue weighted by Crippen LogP contribution is 2.34. The fourth-order valence-corrected chi connectivity index (χ4v) is 2.51. The van der Waals surface area contributed by atoms with E-state index >= 15 is 0 Å². The lowest BCUT2D eigenvalue weighted by atomic mass is 9.78. The van der Waals surface area contributed by atoms with Gasteiger partial charge in [-0.3, -0.25) is 4.98 Å². The molecule has 2 heteroatoms. The molecule has 1 aromatic rings. The van der Waals surface area contributed by atoms with Gasteiger partial charge in [0.1, 0.15) is 0 Å². The minimum atomic E-state index is 0.232. The van der Waals surface area contributed by atoms with E-state index in [1.165, 1.54) is 18.5 Å². The van der Waals surface area contributed by atoms with Gasteiger partial charge in [0.25, 0.3) is 0 Å². The van der Waals surface area contributed by atoms with Gasteiger partial charge in [-0.2, -0.15) is 0 Å². The van der Waals surface area contributed by atoms with E-state index in [4.69, 9.17) is 0 Å². The van der Waals surface area contributed by atoms with Crippen LogP contribution in [0.3, 0.4) is 0 Å². The number of pyridine rings is 1. The monoisotopic (exact) mass is 190 g/mol. The van der Waals surface area contributed by atoms with Gasteiger partial charge < -0.3 is 5.32 Å². The third-order valence-corrected chi connectivity index (χ3v) is 3.46. The van der Waals surface area contributed by atoms with Crippen LogP contribution in [0.5, 0.6) is 0 Å². The van der Waals surface area contributed by atoms with Gasteiger partial charge >= 0.3 is 0 Å². The van der Waals surface area contributed by atoms with Crippen molar-refractivity contribution in [2.24, 2.45) is 0 Å². The van der Waals surface area contributed by atoms with E-state index in [-0.39, 0.29) is 5.41 Å². The van der Waals surface area contributed by atoms with E-state index in [1.807, 2.05) is 12.3 Å². The molecule has 0 aromatic carbocycles. The third kappa shape index (κ3) is 1.44. The lowest BCUT2D eigenvalue weighted by Gasteiger charge is -2.29. The number of nitrogens with zero attached hydrogens (tertiary/aromatic N) is 1. The van der Waals surface area contributed by atoms with Crippen molar-refractivity contribution >= 4 is 0 Å². The summed E-state index contributed by atoms with van der Waals surface area (Å²) in [4.78, 5) is 4.49. The molecule has 1 aliphatic rings. The van der Waals surface area contributed by atoms with Gasteiger partial charge in [0.2, 0.25) is 0 Å². The molecule has 14 heavy (non-hydrogen) atoms. The van der Waals surface area contributed by atoms with Gasteiger partial charge in [-0.1, -0.05) is 19.9 Å². The first-order valence-electron chi connectivity index (χ1n) is 5.42. The summed E-state index contributed by atoms with van der Waals surface area (Å²) in [5.41, 5.74) is 1.47. The Balaban J connectivity index is 2.31. The van der Waals surface area contributed by atoms with Gasteiger partial charge in [-0.15, -0.1) is 0 Å². The Morgan fingerprint density at radius 3 is 3.07 bits per heavy atom. The lowest BCUT2D eigenvalue weighted by Crippen LogP contribution is -2.37. The Bertz CT molecular complexity index is 296. The molecule has 1 aliphatic heterocycles. The molecule has 1 aromatic heterocycles. The maximum atomic E-state index is 4.49. The molecule has 2 heterocycles. The van der Waals surface area contributed by atoms with Gasteiger partial charge in [0.05, 0.1) is 0 Å². The van der Waals surface area contributed by atoms with E-state index in [0.717, 1.165) is 6.54 Å². The quantitative estimate of drug-likeness (QED) is 0.772. The smallest absolute Gasteiger partial charge is 0.0478 e. The van der Waals surface area contributed by atoms with Crippen molar-refractivity contribution in [2.75, 3.05) is 6.54 Å². The van der Waals surface area contributed by atoms with Crippen molar-refractivity contribution in [3.63, 3.8) is 0 Å². The molecule has 0 bridgehead atoms. The van der Waals surface area contributed by atoms with Crippen molar-refractivity contribution in [3.8, 4) is 0 Å². The molecule has 0 saturated carbocycles. The van der Waals surface area contributed by atoms with Gasteiger partial charge in [0.15, 0.2) is 0 Å². The molecule has 0 spiro atoms. The molecular formula is C12H18N2. The summed E-state index contributed by atoms with van der Waals surface area (Å²) in [6.45, 7) is 5.68. The second-order valence-corrected chi connectivity index (χ2v) is 4.30. The maximum absolute atomic E-state index is 4.49. The van der Waals surface area contributed by atoms with Crippen LogP contribution in [0.1, 0.15) is 32.4 Å². The number of nitrogens with one attached hydrogen (secondary N) is 1. The third-order valence-electron chi connectivity index (χ3n) is 3.46. The molecule has 2 nitrogen and oxygen atoms in total. The average molecular weight is 190 g/mol. The zero-order valence-electron chi connectivity index (χ0n) is 8.96. The van der Waals surface area contributed by atoms with Crippen LogP contribution in [0.15, 0.2) is 24.4 Å². The molecule has 2 rings (SSSR count). The highest BCUT2D eigenvalue weighted by atomic mass is 15.0. The van der Waals surface area contributed by atoms with Crippen LogP contribution in [0.4, 0.5) is 0 Å². The zero-order valence-corrected chi connectivity index (χ0v) is 8.96. The zero-order chi connectivity index (χ0) is 10.0. The summed E-state index contributed by atoms with van der Waals surface area (Å²) in [5.74, 6) is 0. The Hall–Kier alpha value is -0.890. The summed E-state index contributed by atoms with van der Waals surface area (Å²) in [6, 6.07) is 6.79. The van der Waals surface area contributed by atoms with Crippen molar-refractivity contribution in [1.82, 2.24) is 10.3 Å². The first-order valence-corrected chi connectivity index (χ1v) is 5.42. The number of hydrogen-bond acceptors (Lipinski definition) is 2. The first kappa shape index (κ1) is 9.66. The molecule has 0 radical (unpaired) electrons. The summed E-state index contributed by atoms with van der Waals surface area (Å²) in [5, 5.41) is 3.56. The number of hydrogen-bond donors (Lipinski definition) is 1. The average Bonchev–Trinajstić information content (AvgIpc) is 2.62. The van der Waals surface area contributed by atoms with Crippen LogP contribution in [-0.4, -0.2) is 17.6 Å². The van der Waals surface area contributed by atoms with E-state index in [1.54, 1.807) is 0 Å². The second-order valence-electron chi connectivity index (χ2n) is 4.30. The van der Waals surface area contributed by atoms with Crippen LogP contribution < -0.4 is 5.32 Å². The minimum Gasteiger partial charge on any atom is -0.313 e. The number of rotatable bonds is 2. The minimum absolute atomic E-state index is 0.232. The molecule has 1 N–H and O–H groups in total. The Labute approximate surface area is 85.7 Å². The maximum Gasteiger partial charge on any atom is 0.0478 e. The van der Waals surface area contributed by atoms with Crippen molar-refractivity contribution in [1.29, 1.82) is 0 Å². The fourth-order valence-electron chi connectivity index (χ4n) is 2.51. The molecule has 0 amide bonds. The van der Waals surface area contributed by atoms with Gasteiger partial charge in [0, 0.05) is 23.3 Å². The van der Waals surface area contributed by atoms with Gasteiger partial charge in [-0.25, -0.2) is 0 Å². The second kappa shape index (κ2) is 3.70. The highest BCUT2D eigenvalue weighted by molar-refractivity contribution is 5.21. The van der Waals surface area contributed by atoms with Crippen LogP contribution in [0.2, 0.25) is 0 Å². The predicted molar refractivity (Wildman–Crippen MR) is 58.3 cm³/mol. The van der Waals surface area contributed by atoms with Crippen molar-refractivity contribution in [2.45, 2.75) is 38.1 Å². The van der Waals surface area contributed by atoms with Crippen LogP contribution in [0, 0.1) is 0 Å². The molecule has 76 valence electrons. The topological polar surface area (TPSA) is 24.9 Å². The highest BCUT2D eigenvalue weighted by Gasteiger charge is 2.39. The van der Waals surface area contributed by atoms with Crippen LogP contribution >= 0.6 is 0 Å². The van der Waals surface area contributed by atoms with Crippen molar-refractivity contribution < 1.29 is 0 Å². The Kier molecular flexibility index (Phi) is 2.55. The Morgan fingerprint density at radius 1 is 1.57 bits per heavy atom. The number of aromatic nitrogens is 1. The molecule has 2 atom stereocenters. The molecular weight excluding hydrogens is 172 g/mol. The summed E-state index contributed by atoms with van der Waals surface area (Å²) in [6.07, 6.45) is 4.27. The Morgan fingerprint density at radius 2 is 2.43 bits per heavy atom. The molecule has 1 fully saturated rings. The summed E-state index contributed by atoms with van der Waals surface area (Å²) < 4.78 is 0. The van der Waals surface area contributed by atoms with Gasteiger partial charge in [-0.05, 0) is 31.5 Å². The first-order chi connectivity index (χ1) is 6.77.